The first-order valence-corrected chi connectivity index (χ1v) is 6.08. The highest BCUT2D eigenvalue weighted by Gasteiger charge is 2.24. The lowest BCUT2D eigenvalue weighted by Gasteiger charge is -2.20. The summed E-state index contributed by atoms with van der Waals surface area (Å²) in [7, 11) is 0. The summed E-state index contributed by atoms with van der Waals surface area (Å²) >= 11 is 0. The number of aliphatic carboxylic acids is 1. The molecule has 1 aliphatic heterocycles. The van der Waals surface area contributed by atoms with E-state index in [9.17, 15) is 9.59 Å². The number of carbonyl (C=O) groups excluding carboxylic acids is 1. The van der Waals surface area contributed by atoms with Gasteiger partial charge in [0, 0.05) is 31.4 Å². The van der Waals surface area contributed by atoms with Crippen molar-refractivity contribution in [3.63, 3.8) is 0 Å². The molecule has 0 spiro atoms. The highest BCUT2D eigenvalue weighted by atomic mass is 16.5. The largest absolute Gasteiger partial charge is 0.481 e. The zero-order chi connectivity index (χ0) is 12.8. The number of carboxylic acid groups (broad SMARTS) is 1. The topological polar surface area (TPSA) is 75.6 Å². The van der Waals surface area contributed by atoms with Crippen molar-refractivity contribution in [2.75, 3.05) is 13.2 Å². The zero-order valence-electron chi connectivity index (χ0n) is 10.4. The van der Waals surface area contributed by atoms with Gasteiger partial charge in [0.15, 0.2) is 0 Å². The third kappa shape index (κ3) is 5.17. The van der Waals surface area contributed by atoms with Crippen molar-refractivity contribution in [3.8, 4) is 0 Å². The van der Waals surface area contributed by atoms with Gasteiger partial charge in [-0.25, -0.2) is 0 Å². The molecule has 1 aliphatic rings. The molecule has 0 aliphatic carbocycles. The van der Waals surface area contributed by atoms with Crippen molar-refractivity contribution in [1.82, 2.24) is 5.32 Å². The van der Waals surface area contributed by atoms with E-state index in [1.807, 2.05) is 6.92 Å². The van der Waals surface area contributed by atoms with Crippen molar-refractivity contribution in [1.29, 1.82) is 0 Å². The Bertz CT molecular complexity index is 274. The second-order valence-electron chi connectivity index (χ2n) is 4.89. The summed E-state index contributed by atoms with van der Waals surface area (Å²) in [5.74, 6) is -0.672. The van der Waals surface area contributed by atoms with E-state index >= 15 is 0 Å². The van der Waals surface area contributed by atoms with Gasteiger partial charge in [-0.1, -0.05) is 6.92 Å². The van der Waals surface area contributed by atoms with Gasteiger partial charge >= 0.3 is 5.97 Å². The average Bonchev–Trinajstić information content (AvgIpc) is 2.67. The first kappa shape index (κ1) is 14.0. The number of rotatable bonds is 6. The Morgan fingerprint density at radius 2 is 2.12 bits per heavy atom. The molecule has 5 heteroatoms. The summed E-state index contributed by atoms with van der Waals surface area (Å²) in [5, 5.41) is 11.5. The Kier molecular flexibility index (Phi) is 5.41. The van der Waals surface area contributed by atoms with Crippen LogP contribution >= 0.6 is 0 Å². The average molecular weight is 243 g/mol. The summed E-state index contributed by atoms with van der Waals surface area (Å²) in [4.78, 5) is 22.1. The maximum absolute atomic E-state index is 11.7. The quantitative estimate of drug-likeness (QED) is 0.730. The summed E-state index contributed by atoms with van der Waals surface area (Å²) in [5.41, 5.74) is 0. The van der Waals surface area contributed by atoms with E-state index in [1.54, 1.807) is 6.92 Å². The van der Waals surface area contributed by atoms with Gasteiger partial charge in [0.25, 0.3) is 0 Å². The smallest absolute Gasteiger partial charge is 0.303 e. The summed E-state index contributed by atoms with van der Waals surface area (Å²) in [6, 6.07) is 0.0991. The number of ether oxygens (including phenoxy) is 1. The Morgan fingerprint density at radius 3 is 2.65 bits per heavy atom. The molecule has 17 heavy (non-hydrogen) atoms. The highest BCUT2D eigenvalue weighted by Crippen LogP contribution is 2.17. The fourth-order valence-corrected chi connectivity index (χ4v) is 2.06. The van der Waals surface area contributed by atoms with E-state index in [0.717, 1.165) is 13.0 Å². The lowest BCUT2D eigenvalue weighted by Crippen LogP contribution is -2.39. The van der Waals surface area contributed by atoms with Gasteiger partial charge in [-0.15, -0.1) is 0 Å². The number of amides is 1. The molecule has 0 radical (unpaired) electrons. The van der Waals surface area contributed by atoms with Crippen LogP contribution in [0.4, 0.5) is 0 Å². The molecular formula is C12H21NO4. The molecule has 5 nitrogen and oxygen atoms in total. The van der Waals surface area contributed by atoms with Gasteiger partial charge < -0.3 is 15.2 Å². The van der Waals surface area contributed by atoms with Crippen LogP contribution in [0.3, 0.4) is 0 Å². The maximum Gasteiger partial charge on any atom is 0.303 e. The predicted octanol–water partition coefficient (Wildman–Crippen LogP) is 1.03. The molecule has 1 amide bonds. The van der Waals surface area contributed by atoms with Gasteiger partial charge in [0.05, 0.1) is 6.61 Å². The minimum Gasteiger partial charge on any atom is -0.481 e. The predicted molar refractivity (Wildman–Crippen MR) is 62.6 cm³/mol. The minimum atomic E-state index is -0.859. The van der Waals surface area contributed by atoms with E-state index in [1.165, 1.54) is 0 Å². The van der Waals surface area contributed by atoms with E-state index in [2.05, 4.69) is 5.32 Å². The lowest BCUT2D eigenvalue weighted by molar-refractivity contribution is -0.138. The number of carbonyl (C=O) groups is 2. The summed E-state index contributed by atoms with van der Waals surface area (Å²) < 4.78 is 5.26. The van der Waals surface area contributed by atoms with Crippen LogP contribution in [0.2, 0.25) is 0 Å². The second-order valence-corrected chi connectivity index (χ2v) is 4.89. The van der Waals surface area contributed by atoms with Crippen LogP contribution in [0.1, 0.15) is 33.1 Å². The molecule has 2 N–H and O–H groups in total. The van der Waals surface area contributed by atoms with Crippen LogP contribution in [0.15, 0.2) is 0 Å². The molecule has 0 aromatic rings. The molecule has 0 aromatic carbocycles. The molecule has 98 valence electrons. The lowest BCUT2D eigenvalue weighted by atomic mass is 9.99. The van der Waals surface area contributed by atoms with E-state index < -0.39 is 5.97 Å². The highest BCUT2D eigenvalue weighted by molar-refractivity contribution is 5.77. The zero-order valence-corrected chi connectivity index (χ0v) is 10.4. The van der Waals surface area contributed by atoms with Crippen molar-refractivity contribution in [2.24, 2.45) is 11.8 Å². The Hall–Kier alpha value is -1.10. The number of hydrogen-bond donors (Lipinski definition) is 2. The number of nitrogens with one attached hydrogen (secondary N) is 1. The standard InChI is InChI=1S/C12H21NO4/c1-8(6-12(15)16)5-11(14)13-9(2)10-3-4-17-7-10/h8-10H,3-7H2,1-2H3,(H,13,14)(H,15,16). The third-order valence-electron chi connectivity index (χ3n) is 3.12. The first-order chi connectivity index (χ1) is 7.99. The summed E-state index contributed by atoms with van der Waals surface area (Å²) in [6.45, 7) is 5.21. The van der Waals surface area contributed by atoms with Gasteiger partial charge in [-0.2, -0.15) is 0 Å². The van der Waals surface area contributed by atoms with Gasteiger partial charge in [0.1, 0.15) is 0 Å². The fraction of sp³-hybridized carbons (Fsp3) is 0.833. The molecule has 0 aromatic heterocycles. The van der Waals surface area contributed by atoms with E-state index in [-0.39, 0.29) is 30.7 Å². The Labute approximate surface area is 102 Å². The normalized spacial score (nSPS) is 23.1. The number of carboxylic acids is 1. The Morgan fingerprint density at radius 1 is 1.41 bits per heavy atom. The van der Waals surface area contributed by atoms with Gasteiger partial charge in [0.2, 0.25) is 5.91 Å². The Balaban J connectivity index is 2.25. The second kappa shape index (κ2) is 6.59. The summed E-state index contributed by atoms with van der Waals surface area (Å²) in [6.07, 6.45) is 1.28. The van der Waals surface area contributed by atoms with Crippen LogP contribution in [0.25, 0.3) is 0 Å². The number of hydrogen-bond acceptors (Lipinski definition) is 3. The molecule has 1 saturated heterocycles. The molecule has 0 saturated carbocycles. The van der Waals surface area contributed by atoms with Crippen molar-refractivity contribution < 1.29 is 19.4 Å². The van der Waals surface area contributed by atoms with Crippen LogP contribution in [0.5, 0.6) is 0 Å². The van der Waals surface area contributed by atoms with Gasteiger partial charge in [-0.3, -0.25) is 9.59 Å². The van der Waals surface area contributed by atoms with Crippen molar-refractivity contribution in [3.05, 3.63) is 0 Å². The van der Waals surface area contributed by atoms with Crippen molar-refractivity contribution in [2.45, 2.75) is 39.2 Å². The molecule has 1 rings (SSSR count). The SMILES string of the molecule is CC(CC(=O)O)CC(=O)NC(C)C1CCOC1. The molecule has 1 heterocycles. The monoisotopic (exact) mass is 243 g/mol. The molecule has 1 fully saturated rings. The fourth-order valence-electron chi connectivity index (χ4n) is 2.06. The maximum atomic E-state index is 11.7. The molecular weight excluding hydrogens is 222 g/mol. The van der Waals surface area contributed by atoms with Crippen LogP contribution < -0.4 is 5.32 Å². The molecule has 3 unspecified atom stereocenters. The van der Waals surface area contributed by atoms with Crippen LogP contribution in [0, 0.1) is 11.8 Å². The third-order valence-corrected chi connectivity index (χ3v) is 3.12. The first-order valence-electron chi connectivity index (χ1n) is 6.08. The van der Waals surface area contributed by atoms with Gasteiger partial charge in [-0.05, 0) is 19.3 Å². The van der Waals surface area contributed by atoms with Crippen molar-refractivity contribution >= 4 is 11.9 Å². The van der Waals surface area contributed by atoms with Crippen LogP contribution in [-0.2, 0) is 14.3 Å². The van der Waals surface area contributed by atoms with E-state index in [4.69, 9.17) is 9.84 Å². The molecule has 3 atom stereocenters. The van der Waals surface area contributed by atoms with Crippen LogP contribution in [-0.4, -0.2) is 36.2 Å². The molecule has 0 bridgehead atoms. The minimum absolute atomic E-state index is 0.0361. The van der Waals surface area contributed by atoms with E-state index in [0.29, 0.717) is 12.5 Å².